The Morgan fingerprint density at radius 1 is 1.25 bits per heavy atom. The molecule has 4 rings (SSSR count). The van der Waals surface area contributed by atoms with E-state index in [-0.39, 0.29) is 5.41 Å². The van der Waals surface area contributed by atoms with Crippen LogP contribution in [-0.4, -0.2) is 21.6 Å². The number of hydrogen-bond donors (Lipinski definition) is 1. The van der Waals surface area contributed by atoms with Crippen LogP contribution in [0.15, 0.2) is 48.2 Å². The number of rotatable bonds is 2. The Hall–Kier alpha value is -2.39. The third-order valence-electron chi connectivity index (χ3n) is 4.91. The Bertz CT molecular complexity index is 1080. The van der Waals surface area contributed by atoms with Crippen molar-refractivity contribution in [3.8, 4) is 11.8 Å². The van der Waals surface area contributed by atoms with Gasteiger partial charge in [0.1, 0.15) is 5.01 Å². The number of thiazole rings is 1. The van der Waals surface area contributed by atoms with E-state index in [2.05, 4.69) is 52.7 Å². The van der Waals surface area contributed by atoms with Crippen molar-refractivity contribution < 1.29 is 5.11 Å². The third kappa shape index (κ3) is 3.40. The van der Waals surface area contributed by atoms with E-state index < -0.39 is 5.60 Å². The highest BCUT2D eigenvalue weighted by Gasteiger charge is 2.36. The minimum atomic E-state index is -1.28. The molecule has 3 aromatic rings. The molecule has 0 bridgehead atoms. The second-order valence-electron chi connectivity index (χ2n) is 7.69. The summed E-state index contributed by atoms with van der Waals surface area (Å²) >= 11 is 7.80. The quantitative estimate of drug-likeness (QED) is 0.613. The van der Waals surface area contributed by atoms with Gasteiger partial charge >= 0.3 is 0 Å². The molecule has 28 heavy (non-hydrogen) atoms. The summed E-state index contributed by atoms with van der Waals surface area (Å²) in [6.45, 7) is 6.93. The molecule has 6 heteroatoms. The van der Waals surface area contributed by atoms with Crippen LogP contribution in [-0.2, 0) is 11.0 Å². The van der Waals surface area contributed by atoms with Gasteiger partial charge in [-0.2, -0.15) is 0 Å². The van der Waals surface area contributed by atoms with Crippen molar-refractivity contribution in [2.45, 2.75) is 31.8 Å². The Morgan fingerprint density at radius 3 is 2.79 bits per heavy atom. The first-order valence-electron chi connectivity index (χ1n) is 8.95. The molecule has 1 aliphatic rings. The van der Waals surface area contributed by atoms with Crippen LogP contribution in [0.1, 0.15) is 36.9 Å². The summed E-state index contributed by atoms with van der Waals surface area (Å²) in [7, 11) is 0. The molecule has 1 N–H and O–H groups in total. The Kier molecular flexibility index (Phi) is 4.67. The van der Waals surface area contributed by atoms with Gasteiger partial charge in [-0.15, -0.1) is 11.3 Å². The van der Waals surface area contributed by atoms with E-state index in [1.54, 1.807) is 25.5 Å². The van der Waals surface area contributed by atoms with Crippen molar-refractivity contribution in [3.05, 3.63) is 69.4 Å². The molecular formula is C22H20ClN3OS. The predicted molar refractivity (Wildman–Crippen MR) is 114 cm³/mol. The molecule has 2 aromatic heterocycles. The number of hydrogen-bond acceptors (Lipinski definition) is 5. The van der Waals surface area contributed by atoms with Crippen molar-refractivity contribution in [3.63, 3.8) is 0 Å². The molecular weight excluding hydrogens is 390 g/mol. The van der Waals surface area contributed by atoms with Crippen molar-refractivity contribution >= 4 is 34.3 Å². The summed E-state index contributed by atoms with van der Waals surface area (Å²) in [6.07, 6.45) is 5.09. The Morgan fingerprint density at radius 2 is 2.07 bits per heavy atom. The van der Waals surface area contributed by atoms with Crippen LogP contribution in [0.3, 0.4) is 0 Å². The van der Waals surface area contributed by atoms with Gasteiger partial charge in [0.25, 0.3) is 0 Å². The number of halogens is 1. The van der Waals surface area contributed by atoms with Crippen LogP contribution in [0.2, 0.25) is 5.02 Å². The number of aromatic nitrogens is 2. The van der Waals surface area contributed by atoms with E-state index in [1.807, 2.05) is 17.5 Å². The summed E-state index contributed by atoms with van der Waals surface area (Å²) in [5, 5.41) is 13.7. The molecule has 0 saturated carbocycles. The van der Waals surface area contributed by atoms with Gasteiger partial charge in [0, 0.05) is 47.2 Å². The minimum Gasteiger partial charge on any atom is -0.371 e. The lowest BCUT2D eigenvalue weighted by Gasteiger charge is -2.23. The minimum absolute atomic E-state index is 0.0136. The smallest absolute Gasteiger partial charge is 0.174 e. The molecule has 0 spiro atoms. The van der Waals surface area contributed by atoms with Crippen molar-refractivity contribution in [1.29, 1.82) is 0 Å². The van der Waals surface area contributed by atoms with Gasteiger partial charge in [0.2, 0.25) is 0 Å². The number of benzene rings is 1. The van der Waals surface area contributed by atoms with E-state index in [9.17, 15) is 5.11 Å². The van der Waals surface area contributed by atoms with E-state index >= 15 is 0 Å². The molecule has 1 atom stereocenters. The monoisotopic (exact) mass is 409 g/mol. The normalized spacial score (nSPS) is 16.8. The van der Waals surface area contributed by atoms with Crippen LogP contribution in [0.4, 0.5) is 11.4 Å². The van der Waals surface area contributed by atoms with E-state index in [0.29, 0.717) is 10.0 Å². The second-order valence-corrected chi connectivity index (χ2v) is 8.99. The first kappa shape index (κ1) is 18.9. The Labute approximate surface area is 173 Å². The van der Waals surface area contributed by atoms with Crippen molar-refractivity contribution in [2.24, 2.45) is 0 Å². The summed E-state index contributed by atoms with van der Waals surface area (Å²) in [4.78, 5) is 10.5. The number of nitrogens with zero attached hydrogens (tertiary/aromatic N) is 3. The van der Waals surface area contributed by atoms with E-state index in [4.69, 9.17) is 11.6 Å². The van der Waals surface area contributed by atoms with Gasteiger partial charge in [0.15, 0.2) is 5.60 Å². The first-order valence-corrected chi connectivity index (χ1v) is 10.2. The topological polar surface area (TPSA) is 49.2 Å². The van der Waals surface area contributed by atoms with Crippen LogP contribution in [0.25, 0.3) is 0 Å². The lowest BCUT2D eigenvalue weighted by Crippen LogP contribution is -2.25. The van der Waals surface area contributed by atoms with Crippen molar-refractivity contribution in [1.82, 2.24) is 9.97 Å². The Balaban J connectivity index is 1.75. The molecule has 0 radical (unpaired) electrons. The van der Waals surface area contributed by atoms with E-state index in [1.165, 1.54) is 16.9 Å². The molecule has 1 aliphatic heterocycles. The van der Waals surface area contributed by atoms with E-state index in [0.717, 1.165) is 23.5 Å². The molecule has 0 saturated heterocycles. The molecule has 0 amide bonds. The fraction of sp³-hybridized carbons (Fsp3) is 0.273. The summed E-state index contributed by atoms with van der Waals surface area (Å²) in [5.41, 5.74) is 2.81. The van der Waals surface area contributed by atoms with Crippen LogP contribution in [0, 0.1) is 11.8 Å². The highest BCUT2D eigenvalue weighted by molar-refractivity contribution is 7.09. The summed E-state index contributed by atoms with van der Waals surface area (Å²) in [6, 6.07) is 8.11. The van der Waals surface area contributed by atoms with Gasteiger partial charge < -0.3 is 10.0 Å². The largest absolute Gasteiger partial charge is 0.371 e. The second kappa shape index (κ2) is 6.89. The van der Waals surface area contributed by atoms with Crippen LogP contribution >= 0.6 is 22.9 Å². The molecule has 142 valence electrons. The lowest BCUT2D eigenvalue weighted by molar-refractivity contribution is 0.122. The number of pyridine rings is 1. The standard InChI is InChI=1S/C22H20ClN3OS/c1-21(2)14-26(18-7-9-24-13-17(18)23)19-12-15(4-5-16(19)21)6-8-22(3,27)20-25-10-11-28-20/h4-5,7,9-13,27H,14H2,1-3H3. The molecule has 1 unspecified atom stereocenters. The fourth-order valence-corrected chi connectivity index (χ4v) is 4.36. The molecule has 1 aromatic carbocycles. The average Bonchev–Trinajstić information content (AvgIpc) is 3.28. The van der Waals surface area contributed by atoms with Crippen LogP contribution in [0.5, 0.6) is 0 Å². The van der Waals surface area contributed by atoms with Gasteiger partial charge in [-0.25, -0.2) is 4.98 Å². The van der Waals surface area contributed by atoms with Gasteiger partial charge in [-0.3, -0.25) is 4.98 Å². The zero-order valence-electron chi connectivity index (χ0n) is 15.9. The number of fused-ring (bicyclic) bond motifs is 1. The zero-order valence-corrected chi connectivity index (χ0v) is 17.5. The van der Waals surface area contributed by atoms with Gasteiger partial charge in [-0.05, 0) is 30.7 Å². The van der Waals surface area contributed by atoms with Crippen LogP contribution < -0.4 is 4.90 Å². The lowest BCUT2D eigenvalue weighted by atomic mass is 9.86. The highest BCUT2D eigenvalue weighted by Crippen LogP contribution is 2.46. The van der Waals surface area contributed by atoms with Crippen molar-refractivity contribution in [2.75, 3.05) is 11.4 Å². The third-order valence-corrected chi connectivity index (χ3v) is 6.19. The highest BCUT2D eigenvalue weighted by atomic mass is 35.5. The maximum absolute atomic E-state index is 10.6. The summed E-state index contributed by atoms with van der Waals surface area (Å²) < 4.78 is 0. The summed E-state index contributed by atoms with van der Waals surface area (Å²) in [5.74, 6) is 6.07. The molecule has 4 nitrogen and oxygen atoms in total. The first-order chi connectivity index (χ1) is 13.3. The molecule has 3 heterocycles. The number of anilines is 2. The average molecular weight is 410 g/mol. The zero-order chi connectivity index (χ0) is 19.9. The maximum atomic E-state index is 10.6. The maximum Gasteiger partial charge on any atom is 0.174 e. The number of aliphatic hydroxyl groups is 1. The fourth-order valence-electron chi connectivity index (χ4n) is 3.48. The van der Waals surface area contributed by atoms with Gasteiger partial charge in [-0.1, -0.05) is 43.4 Å². The SMILES string of the molecule is CC(O)(C#Cc1ccc2c(c1)N(c1ccncc1Cl)CC2(C)C)c1nccs1. The predicted octanol–water partition coefficient (Wildman–Crippen LogP) is 4.88. The molecule has 0 fully saturated rings. The van der Waals surface area contributed by atoms with Gasteiger partial charge in [0.05, 0.1) is 10.7 Å². The molecule has 0 aliphatic carbocycles.